The molecular weight excluding hydrogens is 310 g/mol. The topological polar surface area (TPSA) is 33.6 Å². The minimum atomic E-state index is 0.759. The van der Waals surface area contributed by atoms with E-state index in [1.807, 2.05) is 12.3 Å². The zero-order valence-electron chi connectivity index (χ0n) is 9.95. The van der Waals surface area contributed by atoms with E-state index in [4.69, 9.17) is 12.2 Å². The fourth-order valence-corrected chi connectivity index (χ4v) is 3.06. The number of imidazole rings is 1. The number of fused-ring (bicyclic) bond motifs is 1. The molecule has 0 aliphatic heterocycles. The molecule has 2 aromatic heterocycles. The van der Waals surface area contributed by atoms with Crippen molar-refractivity contribution in [1.82, 2.24) is 14.5 Å². The maximum Gasteiger partial charge on any atom is 0.179 e. The Morgan fingerprint density at radius 3 is 3.17 bits per heavy atom. The molecule has 0 saturated heterocycles. The van der Waals surface area contributed by atoms with Gasteiger partial charge in [-0.05, 0) is 59.9 Å². The summed E-state index contributed by atoms with van der Waals surface area (Å²) in [6.45, 7) is 0.916. The highest BCUT2D eigenvalue weighted by Crippen LogP contribution is 2.23. The van der Waals surface area contributed by atoms with E-state index in [2.05, 4.69) is 36.5 Å². The molecule has 1 aliphatic carbocycles. The highest BCUT2D eigenvalue weighted by Gasteiger charge is 2.09. The first-order valence-electron chi connectivity index (χ1n) is 6.16. The Balaban J connectivity index is 1.91. The van der Waals surface area contributed by atoms with Crippen molar-refractivity contribution in [3.05, 3.63) is 33.2 Å². The van der Waals surface area contributed by atoms with Gasteiger partial charge in [0.1, 0.15) is 0 Å². The number of aryl methyl sites for hydroxylation is 1. The van der Waals surface area contributed by atoms with Gasteiger partial charge in [-0.15, -0.1) is 0 Å². The SMILES string of the molecule is S=c1[nH]c2cc(Br)cnc2n1CCC1=CCCC1. The molecule has 0 bridgehead atoms. The number of hydrogen-bond acceptors (Lipinski definition) is 2. The first-order valence-corrected chi connectivity index (χ1v) is 7.36. The molecule has 2 heterocycles. The lowest BCUT2D eigenvalue weighted by Gasteiger charge is -2.04. The molecule has 1 aliphatic rings. The summed E-state index contributed by atoms with van der Waals surface area (Å²) in [5.41, 5.74) is 3.50. The summed E-state index contributed by atoms with van der Waals surface area (Å²) in [6.07, 6.45) is 9.05. The monoisotopic (exact) mass is 323 g/mol. The highest BCUT2D eigenvalue weighted by atomic mass is 79.9. The van der Waals surface area contributed by atoms with Gasteiger partial charge >= 0.3 is 0 Å². The van der Waals surface area contributed by atoms with Crippen LogP contribution in [0.4, 0.5) is 0 Å². The van der Waals surface area contributed by atoms with Crippen LogP contribution >= 0.6 is 28.1 Å². The number of nitrogens with zero attached hydrogens (tertiary/aromatic N) is 2. The van der Waals surface area contributed by atoms with E-state index in [9.17, 15) is 0 Å². The average Bonchev–Trinajstić information content (AvgIpc) is 2.93. The lowest BCUT2D eigenvalue weighted by Crippen LogP contribution is -2.00. The number of rotatable bonds is 3. The fraction of sp³-hybridized carbons (Fsp3) is 0.385. The van der Waals surface area contributed by atoms with Crippen LogP contribution in [0.3, 0.4) is 0 Å². The van der Waals surface area contributed by atoms with E-state index in [0.29, 0.717) is 0 Å². The smallest absolute Gasteiger partial charge is 0.179 e. The Morgan fingerprint density at radius 1 is 1.50 bits per heavy atom. The normalized spacial score (nSPS) is 15.3. The lowest BCUT2D eigenvalue weighted by molar-refractivity contribution is 0.683. The van der Waals surface area contributed by atoms with Gasteiger partial charge in [-0.2, -0.15) is 0 Å². The second-order valence-electron chi connectivity index (χ2n) is 4.61. The van der Waals surface area contributed by atoms with Crippen molar-refractivity contribution in [1.29, 1.82) is 0 Å². The summed E-state index contributed by atoms with van der Waals surface area (Å²) >= 11 is 8.79. The van der Waals surface area contributed by atoms with Gasteiger partial charge in [0.15, 0.2) is 10.4 Å². The maximum absolute atomic E-state index is 5.37. The third-order valence-corrected chi connectivity index (χ3v) is 4.12. The number of pyridine rings is 1. The Labute approximate surface area is 119 Å². The van der Waals surface area contributed by atoms with Crippen molar-refractivity contribution >= 4 is 39.3 Å². The number of H-pyrrole nitrogens is 1. The van der Waals surface area contributed by atoms with Crippen LogP contribution in [-0.2, 0) is 6.54 Å². The van der Waals surface area contributed by atoms with Crippen LogP contribution in [0, 0.1) is 4.77 Å². The van der Waals surface area contributed by atoms with Gasteiger partial charge in [-0.1, -0.05) is 11.6 Å². The van der Waals surface area contributed by atoms with Crippen LogP contribution in [0.5, 0.6) is 0 Å². The molecule has 0 unspecified atom stereocenters. The van der Waals surface area contributed by atoms with E-state index in [1.54, 1.807) is 5.57 Å². The minimum Gasteiger partial charge on any atom is -0.329 e. The Hall–Kier alpha value is -0.940. The third-order valence-electron chi connectivity index (χ3n) is 3.37. The van der Waals surface area contributed by atoms with Gasteiger partial charge in [0.25, 0.3) is 0 Å². The second-order valence-corrected chi connectivity index (χ2v) is 5.91. The van der Waals surface area contributed by atoms with Gasteiger partial charge in [-0.25, -0.2) is 4.98 Å². The minimum absolute atomic E-state index is 0.759. The summed E-state index contributed by atoms with van der Waals surface area (Å²) in [7, 11) is 0. The molecule has 0 atom stereocenters. The van der Waals surface area contributed by atoms with Gasteiger partial charge in [-0.3, -0.25) is 0 Å². The number of halogens is 1. The Morgan fingerprint density at radius 2 is 2.39 bits per heavy atom. The van der Waals surface area contributed by atoms with Gasteiger partial charge in [0.2, 0.25) is 0 Å². The quantitative estimate of drug-likeness (QED) is 0.672. The van der Waals surface area contributed by atoms with E-state index in [0.717, 1.165) is 33.4 Å². The molecule has 0 spiro atoms. The Kier molecular flexibility index (Phi) is 3.35. The van der Waals surface area contributed by atoms with E-state index >= 15 is 0 Å². The Bertz CT molecular complexity index is 668. The predicted molar refractivity (Wildman–Crippen MR) is 79.2 cm³/mol. The first kappa shape index (κ1) is 12.1. The molecule has 0 saturated carbocycles. The summed E-state index contributed by atoms with van der Waals surface area (Å²) in [5.74, 6) is 0. The third kappa shape index (κ3) is 2.29. The standard InChI is InChI=1S/C13H14BrN3S/c14-10-7-11-12(15-8-10)17(13(18)16-11)6-5-9-3-1-2-4-9/h3,7-8H,1-2,4-6H2,(H,16,18). The fourth-order valence-electron chi connectivity index (χ4n) is 2.45. The van der Waals surface area contributed by atoms with Crippen molar-refractivity contribution in [2.75, 3.05) is 0 Å². The molecule has 3 nitrogen and oxygen atoms in total. The maximum atomic E-state index is 5.37. The highest BCUT2D eigenvalue weighted by molar-refractivity contribution is 9.10. The average molecular weight is 324 g/mol. The van der Waals surface area contributed by atoms with Crippen molar-refractivity contribution in [2.45, 2.75) is 32.2 Å². The van der Waals surface area contributed by atoms with Crippen LogP contribution in [0.2, 0.25) is 0 Å². The summed E-state index contributed by atoms with van der Waals surface area (Å²) in [4.78, 5) is 7.65. The van der Waals surface area contributed by atoms with E-state index < -0.39 is 0 Å². The van der Waals surface area contributed by atoms with E-state index in [-0.39, 0.29) is 0 Å². The summed E-state index contributed by atoms with van der Waals surface area (Å²) in [5, 5.41) is 0. The second kappa shape index (κ2) is 4.97. The number of aromatic nitrogens is 3. The number of nitrogens with one attached hydrogen (secondary N) is 1. The summed E-state index contributed by atoms with van der Waals surface area (Å²) < 4.78 is 3.82. The molecule has 1 N–H and O–H groups in total. The number of allylic oxidation sites excluding steroid dienone is 2. The lowest BCUT2D eigenvalue weighted by atomic mass is 10.2. The molecule has 2 aromatic rings. The van der Waals surface area contributed by atoms with Crippen molar-refractivity contribution < 1.29 is 0 Å². The zero-order valence-corrected chi connectivity index (χ0v) is 12.4. The molecular formula is C13H14BrN3S. The van der Waals surface area contributed by atoms with Crippen LogP contribution in [0.1, 0.15) is 25.7 Å². The van der Waals surface area contributed by atoms with Gasteiger partial charge in [0, 0.05) is 17.2 Å². The van der Waals surface area contributed by atoms with Crippen molar-refractivity contribution in [3.8, 4) is 0 Å². The predicted octanol–water partition coefficient (Wildman–Crippen LogP) is 4.36. The molecule has 0 fully saturated rings. The van der Waals surface area contributed by atoms with Crippen molar-refractivity contribution in [3.63, 3.8) is 0 Å². The molecule has 94 valence electrons. The molecule has 0 amide bonds. The molecule has 18 heavy (non-hydrogen) atoms. The number of hydrogen-bond donors (Lipinski definition) is 1. The molecule has 5 heteroatoms. The van der Waals surface area contributed by atoms with Gasteiger partial charge < -0.3 is 9.55 Å². The van der Waals surface area contributed by atoms with E-state index in [1.165, 1.54) is 19.3 Å². The van der Waals surface area contributed by atoms with Crippen molar-refractivity contribution in [2.24, 2.45) is 0 Å². The zero-order chi connectivity index (χ0) is 12.5. The van der Waals surface area contributed by atoms with Crippen LogP contribution in [0.15, 0.2) is 28.4 Å². The largest absolute Gasteiger partial charge is 0.329 e. The molecule has 0 aromatic carbocycles. The van der Waals surface area contributed by atoms with Gasteiger partial charge in [0.05, 0.1) is 5.52 Å². The molecule has 0 radical (unpaired) electrons. The molecule has 3 rings (SSSR count). The van der Waals surface area contributed by atoms with Crippen LogP contribution in [0.25, 0.3) is 11.2 Å². The first-order chi connectivity index (χ1) is 8.74. The van der Waals surface area contributed by atoms with Crippen LogP contribution < -0.4 is 0 Å². The summed E-state index contributed by atoms with van der Waals surface area (Å²) in [6, 6.07) is 2.02. The number of aromatic amines is 1. The van der Waals surface area contributed by atoms with Crippen LogP contribution in [-0.4, -0.2) is 14.5 Å².